The monoisotopic (exact) mass is 632 g/mol. The number of rotatable bonds is 14. The largest absolute Gasteiger partial charge is 0.463 e. The molecule has 0 spiro atoms. The zero-order valence-electron chi connectivity index (χ0n) is 19.6. The van der Waals surface area contributed by atoms with Crippen LogP contribution in [0.5, 0.6) is 0 Å². The van der Waals surface area contributed by atoms with E-state index in [1.54, 1.807) is 0 Å². The van der Waals surface area contributed by atoms with Crippen LogP contribution in [0, 0.1) is 5.92 Å². The van der Waals surface area contributed by atoms with Gasteiger partial charge < -0.3 is 9.47 Å². The van der Waals surface area contributed by atoms with Gasteiger partial charge in [0.1, 0.15) is 6.61 Å². The highest BCUT2D eigenvalue weighted by Crippen LogP contribution is 2.64. The van der Waals surface area contributed by atoms with Crippen LogP contribution >= 0.6 is 0 Å². The standard InChI is InChI=1S/C19H17F17O4/c1-4-10(37)39-7-9(5-6-11(38)40-8(2)3)12(20,21)13(22,23)14(24,25)15(26,27)16(28,29)17(30,31)18(32,33)19(34,35)36/h4,8-9H,1,5-7H2,2-3H3. The van der Waals surface area contributed by atoms with Gasteiger partial charge in [0.15, 0.2) is 0 Å². The molecule has 0 saturated carbocycles. The third-order valence-electron chi connectivity index (χ3n) is 4.92. The van der Waals surface area contributed by atoms with Crippen LogP contribution in [0.1, 0.15) is 26.7 Å². The first kappa shape index (κ1) is 37.5. The van der Waals surface area contributed by atoms with Gasteiger partial charge in [0.2, 0.25) is 0 Å². The summed E-state index contributed by atoms with van der Waals surface area (Å²) >= 11 is 0. The molecule has 0 aliphatic carbocycles. The van der Waals surface area contributed by atoms with Crippen LogP contribution in [0.15, 0.2) is 12.7 Å². The van der Waals surface area contributed by atoms with Gasteiger partial charge in [-0.2, -0.15) is 74.6 Å². The molecule has 0 bridgehead atoms. The second kappa shape index (κ2) is 11.4. The molecule has 21 heteroatoms. The molecule has 0 aromatic carbocycles. The van der Waals surface area contributed by atoms with E-state index in [1.807, 2.05) is 0 Å². The highest BCUT2D eigenvalue weighted by atomic mass is 19.4. The Morgan fingerprint density at radius 1 is 0.675 bits per heavy atom. The minimum Gasteiger partial charge on any atom is -0.463 e. The number of esters is 2. The summed E-state index contributed by atoms with van der Waals surface area (Å²) in [5.41, 5.74) is 0. The minimum absolute atomic E-state index is 0.159. The van der Waals surface area contributed by atoms with Gasteiger partial charge in [0, 0.05) is 12.5 Å². The smallest absolute Gasteiger partial charge is 0.460 e. The van der Waals surface area contributed by atoms with Crippen LogP contribution in [0.3, 0.4) is 0 Å². The van der Waals surface area contributed by atoms with Gasteiger partial charge in [-0.15, -0.1) is 0 Å². The van der Waals surface area contributed by atoms with Gasteiger partial charge in [-0.05, 0) is 20.3 Å². The number of halogens is 17. The van der Waals surface area contributed by atoms with Gasteiger partial charge in [-0.1, -0.05) is 6.58 Å². The maximum Gasteiger partial charge on any atom is 0.460 e. The average Bonchev–Trinajstić information content (AvgIpc) is 2.76. The lowest BCUT2D eigenvalue weighted by Crippen LogP contribution is -2.75. The zero-order valence-corrected chi connectivity index (χ0v) is 19.6. The minimum atomic E-state index is -8.77. The molecule has 4 nitrogen and oxygen atoms in total. The van der Waals surface area contributed by atoms with Crippen molar-refractivity contribution in [3.05, 3.63) is 12.7 Å². The van der Waals surface area contributed by atoms with Gasteiger partial charge in [-0.25, -0.2) is 4.79 Å². The molecular formula is C19H17F17O4. The molecule has 1 unspecified atom stereocenters. The number of hydrogen-bond acceptors (Lipinski definition) is 4. The molecule has 0 fully saturated rings. The van der Waals surface area contributed by atoms with Crippen molar-refractivity contribution in [1.82, 2.24) is 0 Å². The lowest BCUT2D eigenvalue weighted by molar-refractivity contribution is -0.463. The van der Waals surface area contributed by atoms with E-state index in [-0.39, 0.29) is 6.08 Å². The molecule has 0 aliphatic rings. The molecule has 0 aromatic heterocycles. The maximum atomic E-state index is 14.6. The number of carbonyl (C=O) groups excluding carboxylic acids is 2. The second-order valence-corrected chi connectivity index (χ2v) is 8.18. The lowest BCUT2D eigenvalue weighted by atomic mass is 9.84. The molecule has 236 valence electrons. The SMILES string of the molecule is C=CC(=O)OCC(CCC(=O)OC(C)C)C(F)(F)C(F)(F)C(F)(F)C(F)(F)C(F)(F)C(F)(F)C(F)(F)C(F)(F)F. The van der Waals surface area contributed by atoms with E-state index in [4.69, 9.17) is 0 Å². The fourth-order valence-electron chi connectivity index (χ4n) is 2.66. The van der Waals surface area contributed by atoms with Crippen LogP contribution in [0.25, 0.3) is 0 Å². The molecule has 0 aliphatic heterocycles. The summed E-state index contributed by atoms with van der Waals surface area (Å²) in [6.07, 6.45) is -12.0. The van der Waals surface area contributed by atoms with E-state index in [0.717, 1.165) is 13.8 Å². The number of carbonyl (C=O) groups is 2. The van der Waals surface area contributed by atoms with E-state index in [0.29, 0.717) is 0 Å². The van der Waals surface area contributed by atoms with E-state index in [2.05, 4.69) is 16.1 Å². The molecule has 0 aromatic rings. The van der Waals surface area contributed by atoms with Crippen molar-refractivity contribution in [2.45, 2.75) is 80.4 Å². The second-order valence-electron chi connectivity index (χ2n) is 8.18. The number of ether oxygens (including phenoxy) is 2. The Kier molecular flexibility index (Phi) is 10.7. The van der Waals surface area contributed by atoms with Crippen molar-refractivity contribution in [2.24, 2.45) is 5.92 Å². The Balaban J connectivity index is 6.81. The molecule has 1 atom stereocenters. The Labute approximate surface area is 212 Å². The molecular weight excluding hydrogens is 615 g/mol. The van der Waals surface area contributed by atoms with Crippen LogP contribution < -0.4 is 0 Å². The number of alkyl halides is 17. The summed E-state index contributed by atoms with van der Waals surface area (Å²) < 4.78 is 238. The first-order valence-corrected chi connectivity index (χ1v) is 10.1. The molecule has 0 heterocycles. The van der Waals surface area contributed by atoms with E-state index in [9.17, 15) is 84.2 Å². The van der Waals surface area contributed by atoms with Gasteiger partial charge in [0.05, 0.1) is 12.0 Å². The summed E-state index contributed by atoms with van der Waals surface area (Å²) in [5.74, 6) is -64.8. The Morgan fingerprint density at radius 3 is 1.40 bits per heavy atom. The molecule has 0 saturated heterocycles. The summed E-state index contributed by atoms with van der Waals surface area (Å²) in [6, 6.07) is 0. The average molecular weight is 632 g/mol. The lowest BCUT2D eigenvalue weighted by Gasteiger charge is -2.44. The Bertz CT molecular complexity index is 924. The van der Waals surface area contributed by atoms with Crippen molar-refractivity contribution in [1.29, 1.82) is 0 Å². The fourth-order valence-corrected chi connectivity index (χ4v) is 2.66. The zero-order chi connectivity index (χ0) is 32.6. The summed E-state index contributed by atoms with van der Waals surface area (Å²) in [4.78, 5) is 22.6. The molecule has 0 amide bonds. The van der Waals surface area contributed by atoms with E-state index in [1.165, 1.54) is 0 Å². The first-order chi connectivity index (χ1) is 17.4. The Hall–Kier alpha value is -2.51. The van der Waals surface area contributed by atoms with Crippen LogP contribution in [0.4, 0.5) is 74.6 Å². The van der Waals surface area contributed by atoms with Crippen LogP contribution in [-0.4, -0.2) is 72.3 Å². The highest BCUT2D eigenvalue weighted by molar-refractivity contribution is 5.81. The van der Waals surface area contributed by atoms with Crippen molar-refractivity contribution in [3.8, 4) is 0 Å². The van der Waals surface area contributed by atoms with Gasteiger partial charge >= 0.3 is 59.6 Å². The molecule has 40 heavy (non-hydrogen) atoms. The maximum absolute atomic E-state index is 14.6. The third-order valence-corrected chi connectivity index (χ3v) is 4.92. The third kappa shape index (κ3) is 6.20. The topological polar surface area (TPSA) is 52.6 Å². The van der Waals surface area contributed by atoms with Crippen LogP contribution in [0.2, 0.25) is 0 Å². The quantitative estimate of drug-likeness (QED) is 0.117. The first-order valence-electron chi connectivity index (χ1n) is 10.1. The summed E-state index contributed by atoms with van der Waals surface area (Å²) in [7, 11) is 0. The number of hydrogen-bond donors (Lipinski definition) is 0. The summed E-state index contributed by atoms with van der Waals surface area (Å²) in [5, 5.41) is 0. The van der Waals surface area contributed by atoms with Gasteiger partial charge in [0.25, 0.3) is 0 Å². The Morgan fingerprint density at radius 2 is 1.05 bits per heavy atom. The molecule has 0 N–H and O–H groups in total. The van der Waals surface area contributed by atoms with Gasteiger partial charge in [-0.3, -0.25) is 4.79 Å². The fraction of sp³-hybridized carbons (Fsp3) is 0.789. The molecule has 0 radical (unpaired) electrons. The summed E-state index contributed by atoms with van der Waals surface area (Å²) in [6.45, 7) is 2.85. The van der Waals surface area contributed by atoms with E-state index >= 15 is 0 Å². The predicted molar refractivity (Wildman–Crippen MR) is 95.8 cm³/mol. The highest BCUT2D eigenvalue weighted by Gasteiger charge is 2.95. The van der Waals surface area contributed by atoms with Crippen molar-refractivity contribution in [3.63, 3.8) is 0 Å². The van der Waals surface area contributed by atoms with E-state index < -0.39 is 91.0 Å². The van der Waals surface area contributed by atoms with Crippen LogP contribution in [-0.2, 0) is 19.1 Å². The normalized spacial score (nSPS) is 15.6. The van der Waals surface area contributed by atoms with Crippen molar-refractivity contribution in [2.75, 3.05) is 6.61 Å². The molecule has 0 rings (SSSR count). The van der Waals surface area contributed by atoms with Crippen molar-refractivity contribution < 1.29 is 93.7 Å². The predicted octanol–water partition coefficient (Wildman–Crippen LogP) is 7.07. The van der Waals surface area contributed by atoms with Crippen molar-refractivity contribution >= 4 is 11.9 Å².